The highest BCUT2D eigenvalue weighted by Gasteiger charge is 2.33. The first-order chi connectivity index (χ1) is 13.6. The molecule has 0 unspecified atom stereocenters. The number of esters is 1. The van der Waals surface area contributed by atoms with Gasteiger partial charge in [0.1, 0.15) is 6.04 Å². The van der Waals surface area contributed by atoms with Gasteiger partial charge in [0.2, 0.25) is 11.8 Å². The van der Waals surface area contributed by atoms with E-state index in [1.54, 1.807) is 4.90 Å². The van der Waals surface area contributed by atoms with Crippen LogP contribution in [0.1, 0.15) is 6.42 Å². The molecule has 2 amide bonds. The van der Waals surface area contributed by atoms with Crippen molar-refractivity contribution in [3.05, 3.63) is 24.3 Å². The number of morpholine rings is 1. The van der Waals surface area contributed by atoms with Gasteiger partial charge in [0, 0.05) is 37.6 Å². The fraction of sp³-hybridized carbons (Fsp3) is 0.526. The SMILES string of the molecule is COC(=O)C[C@@H]1C(=O)NCCN1CC(=O)Nc1ccc(N2CCOCC2)cc1. The Kier molecular flexibility index (Phi) is 6.83. The first-order valence-electron chi connectivity index (χ1n) is 9.38. The zero-order chi connectivity index (χ0) is 19.9. The van der Waals surface area contributed by atoms with Gasteiger partial charge in [-0.15, -0.1) is 0 Å². The van der Waals surface area contributed by atoms with Crippen LogP contribution < -0.4 is 15.5 Å². The molecule has 0 bridgehead atoms. The number of amides is 2. The Bertz CT molecular complexity index is 703. The minimum atomic E-state index is -0.698. The molecule has 2 saturated heterocycles. The quantitative estimate of drug-likeness (QED) is 0.650. The molecule has 9 heteroatoms. The van der Waals surface area contributed by atoms with E-state index in [0.29, 0.717) is 32.0 Å². The van der Waals surface area contributed by atoms with E-state index in [1.165, 1.54) is 7.11 Å². The second kappa shape index (κ2) is 9.52. The van der Waals surface area contributed by atoms with Gasteiger partial charge in [0.15, 0.2) is 0 Å². The largest absolute Gasteiger partial charge is 0.469 e. The van der Waals surface area contributed by atoms with E-state index in [4.69, 9.17) is 4.74 Å². The van der Waals surface area contributed by atoms with Crippen molar-refractivity contribution in [2.24, 2.45) is 0 Å². The van der Waals surface area contributed by atoms with Crippen molar-refractivity contribution in [2.75, 3.05) is 63.3 Å². The Morgan fingerprint density at radius 3 is 2.61 bits per heavy atom. The Morgan fingerprint density at radius 1 is 1.21 bits per heavy atom. The van der Waals surface area contributed by atoms with Gasteiger partial charge in [0.05, 0.1) is 33.3 Å². The third-order valence-electron chi connectivity index (χ3n) is 4.90. The lowest BCUT2D eigenvalue weighted by Crippen LogP contribution is -2.57. The van der Waals surface area contributed by atoms with Crippen LogP contribution in [0.2, 0.25) is 0 Å². The van der Waals surface area contributed by atoms with Crippen LogP contribution in [0.4, 0.5) is 11.4 Å². The van der Waals surface area contributed by atoms with Crippen LogP contribution in [-0.4, -0.2) is 81.8 Å². The van der Waals surface area contributed by atoms with Gasteiger partial charge in [-0.05, 0) is 24.3 Å². The molecular weight excluding hydrogens is 364 g/mol. The van der Waals surface area contributed by atoms with Gasteiger partial charge in [0.25, 0.3) is 0 Å². The van der Waals surface area contributed by atoms with E-state index in [0.717, 1.165) is 18.8 Å². The first kappa shape index (κ1) is 20.1. The molecule has 1 atom stereocenters. The zero-order valence-electron chi connectivity index (χ0n) is 16.0. The van der Waals surface area contributed by atoms with E-state index >= 15 is 0 Å². The number of carbonyl (C=O) groups excluding carboxylic acids is 3. The maximum Gasteiger partial charge on any atom is 0.307 e. The normalized spacial score (nSPS) is 20.4. The highest BCUT2D eigenvalue weighted by atomic mass is 16.5. The zero-order valence-corrected chi connectivity index (χ0v) is 16.0. The van der Waals surface area contributed by atoms with Crippen molar-refractivity contribution >= 4 is 29.2 Å². The molecule has 9 nitrogen and oxygen atoms in total. The van der Waals surface area contributed by atoms with Gasteiger partial charge in [-0.3, -0.25) is 19.3 Å². The van der Waals surface area contributed by atoms with Crippen molar-refractivity contribution in [1.82, 2.24) is 10.2 Å². The number of methoxy groups -OCH3 is 1. The summed E-state index contributed by atoms with van der Waals surface area (Å²) in [5.74, 6) is -0.978. The van der Waals surface area contributed by atoms with Crippen LogP contribution in [-0.2, 0) is 23.9 Å². The van der Waals surface area contributed by atoms with Gasteiger partial charge < -0.3 is 25.0 Å². The molecule has 1 aromatic rings. The molecule has 28 heavy (non-hydrogen) atoms. The first-order valence-corrected chi connectivity index (χ1v) is 9.38. The molecule has 2 aliphatic heterocycles. The number of nitrogens with one attached hydrogen (secondary N) is 2. The molecule has 0 spiro atoms. The van der Waals surface area contributed by atoms with E-state index in [1.807, 2.05) is 24.3 Å². The van der Waals surface area contributed by atoms with Crippen LogP contribution in [0.15, 0.2) is 24.3 Å². The lowest BCUT2D eigenvalue weighted by atomic mass is 10.1. The molecule has 0 saturated carbocycles. The third kappa shape index (κ3) is 5.20. The number of benzene rings is 1. The summed E-state index contributed by atoms with van der Waals surface area (Å²) < 4.78 is 10.0. The van der Waals surface area contributed by atoms with E-state index in [9.17, 15) is 14.4 Å². The Labute approximate surface area is 163 Å². The Morgan fingerprint density at radius 2 is 1.93 bits per heavy atom. The highest BCUT2D eigenvalue weighted by molar-refractivity contribution is 5.93. The molecule has 2 aliphatic rings. The second-order valence-corrected chi connectivity index (χ2v) is 6.75. The average molecular weight is 390 g/mol. The minimum Gasteiger partial charge on any atom is -0.469 e. The summed E-state index contributed by atoms with van der Waals surface area (Å²) >= 11 is 0. The second-order valence-electron chi connectivity index (χ2n) is 6.75. The van der Waals surface area contributed by atoms with Gasteiger partial charge in [-0.25, -0.2) is 0 Å². The molecule has 0 aromatic heterocycles. The molecule has 0 radical (unpaired) electrons. The van der Waals surface area contributed by atoms with Crippen LogP contribution >= 0.6 is 0 Å². The molecular formula is C19H26N4O5. The Hall–Kier alpha value is -2.65. The predicted octanol–water partition coefficient (Wildman–Crippen LogP) is -0.175. The topological polar surface area (TPSA) is 100 Å². The Balaban J connectivity index is 1.56. The van der Waals surface area contributed by atoms with E-state index < -0.39 is 12.0 Å². The fourth-order valence-corrected chi connectivity index (χ4v) is 3.38. The maximum atomic E-state index is 12.4. The predicted molar refractivity (Wildman–Crippen MR) is 103 cm³/mol. The van der Waals surface area contributed by atoms with Crippen molar-refractivity contribution in [1.29, 1.82) is 0 Å². The molecule has 2 N–H and O–H groups in total. The highest BCUT2D eigenvalue weighted by Crippen LogP contribution is 2.19. The summed E-state index contributed by atoms with van der Waals surface area (Å²) in [6.07, 6.45) is -0.0795. The summed E-state index contributed by atoms with van der Waals surface area (Å²) in [6, 6.07) is 6.95. The van der Waals surface area contributed by atoms with E-state index in [-0.39, 0.29) is 24.8 Å². The molecule has 2 fully saturated rings. The van der Waals surface area contributed by atoms with Crippen molar-refractivity contribution in [3.63, 3.8) is 0 Å². The number of ether oxygens (including phenoxy) is 2. The molecule has 1 aromatic carbocycles. The number of piperazine rings is 1. The summed E-state index contributed by atoms with van der Waals surface area (Å²) in [5, 5.41) is 5.57. The summed E-state index contributed by atoms with van der Waals surface area (Å²) in [6.45, 7) is 4.10. The number of rotatable bonds is 6. The number of nitrogens with zero attached hydrogens (tertiary/aromatic N) is 2. The summed E-state index contributed by atoms with van der Waals surface area (Å²) in [7, 11) is 1.28. The standard InChI is InChI=1S/C19H26N4O5/c1-27-18(25)12-16-19(26)20-6-7-23(16)13-17(24)21-14-2-4-15(5-3-14)22-8-10-28-11-9-22/h2-5,16H,6-13H2,1H3,(H,20,26)(H,21,24)/t16-/m1/s1. The average Bonchev–Trinajstić information content (AvgIpc) is 2.71. The van der Waals surface area contributed by atoms with Crippen molar-refractivity contribution in [2.45, 2.75) is 12.5 Å². The lowest BCUT2D eigenvalue weighted by Gasteiger charge is -2.33. The smallest absolute Gasteiger partial charge is 0.307 e. The molecule has 3 rings (SSSR count). The van der Waals surface area contributed by atoms with E-state index in [2.05, 4.69) is 20.3 Å². The number of hydrogen-bond acceptors (Lipinski definition) is 7. The molecule has 152 valence electrons. The van der Waals surface area contributed by atoms with Gasteiger partial charge in [-0.2, -0.15) is 0 Å². The third-order valence-corrected chi connectivity index (χ3v) is 4.90. The van der Waals surface area contributed by atoms with Gasteiger partial charge >= 0.3 is 5.97 Å². The monoisotopic (exact) mass is 390 g/mol. The van der Waals surface area contributed by atoms with Crippen molar-refractivity contribution in [3.8, 4) is 0 Å². The summed E-state index contributed by atoms with van der Waals surface area (Å²) in [5.41, 5.74) is 1.78. The molecule has 2 heterocycles. The van der Waals surface area contributed by atoms with Crippen LogP contribution in [0.25, 0.3) is 0 Å². The number of anilines is 2. The molecule has 0 aliphatic carbocycles. The van der Waals surface area contributed by atoms with Crippen LogP contribution in [0, 0.1) is 0 Å². The van der Waals surface area contributed by atoms with Crippen molar-refractivity contribution < 1.29 is 23.9 Å². The number of carbonyl (C=O) groups is 3. The number of hydrogen-bond donors (Lipinski definition) is 2. The lowest BCUT2D eigenvalue weighted by molar-refractivity contribution is -0.146. The van der Waals surface area contributed by atoms with Crippen LogP contribution in [0.5, 0.6) is 0 Å². The summed E-state index contributed by atoms with van der Waals surface area (Å²) in [4.78, 5) is 40.0. The van der Waals surface area contributed by atoms with Gasteiger partial charge in [-0.1, -0.05) is 0 Å². The van der Waals surface area contributed by atoms with Crippen LogP contribution in [0.3, 0.4) is 0 Å². The maximum absolute atomic E-state index is 12.4. The fourth-order valence-electron chi connectivity index (χ4n) is 3.38. The minimum absolute atomic E-state index is 0.0281.